The summed E-state index contributed by atoms with van der Waals surface area (Å²) < 4.78 is 52.7. The summed E-state index contributed by atoms with van der Waals surface area (Å²) in [5.41, 5.74) is 0.997. The van der Waals surface area contributed by atoms with Crippen molar-refractivity contribution in [3.63, 3.8) is 0 Å². The van der Waals surface area contributed by atoms with E-state index in [0.29, 0.717) is 11.1 Å². The second-order valence-corrected chi connectivity index (χ2v) is 8.52. The van der Waals surface area contributed by atoms with Crippen molar-refractivity contribution in [2.75, 3.05) is 14.2 Å². The molecule has 0 bridgehead atoms. The Labute approximate surface area is 171 Å². The molecule has 1 N–H and O–H groups in total. The van der Waals surface area contributed by atoms with Gasteiger partial charge in [-0.2, -0.15) is 4.98 Å². The molecule has 1 aromatic carbocycles. The van der Waals surface area contributed by atoms with Gasteiger partial charge in [-0.1, -0.05) is 11.6 Å². The zero-order valence-electron chi connectivity index (χ0n) is 15.4. The van der Waals surface area contributed by atoms with Crippen molar-refractivity contribution in [3.05, 3.63) is 35.4 Å². The number of aromatic nitrogens is 3. The van der Waals surface area contributed by atoms with Crippen molar-refractivity contribution in [1.82, 2.24) is 19.7 Å². The lowest BCUT2D eigenvalue weighted by Gasteiger charge is -2.12. The molecule has 4 rings (SSSR count). The number of ether oxygens (including phenoxy) is 2. The van der Waals surface area contributed by atoms with Crippen molar-refractivity contribution >= 4 is 32.5 Å². The van der Waals surface area contributed by atoms with Crippen LogP contribution in [-0.2, 0) is 10.0 Å². The molecule has 2 aromatic heterocycles. The average Bonchev–Trinajstić information content (AvgIpc) is 3.50. The Morgan fingerprint density at radius 3 is 2.59 bits per heavy atom. The van der Waals surface area contributed by atoms with Crippen LogP contribution in [-0.4, -0.2) is 43.6 Å². The Bertz CT molecular complexity index is 1220. The molecule has 0 unspecified atom stereocenters. The number of rotatable bonds is 6. The highest BCUT2D eigenvalue weighted by Gasteiger charge is 2.30. The van der Waals surface area contributed by atoms with Gasteiger partial charge >= 0.3 is 6.01 Å². The second kappa shape index (κ2) is 7.36. The lowest BCUT2D eigenvalue weighted by atomic mass is 10.1. The molecule has 0 spiro atoms. The van der Waals surface area contributed by atoms with Crippen LogP contribution in [0.2, 0.25) is 5.02 Å². The summed E-state index contributed by atoms with van der Waals surface area (Å²) in [4.78, 5) is 12.0. The van der Waals surface area contributed by atoms with Gasteiger partial charge in [0.05, 0.1) is 35.7 Å². The topological polar surface area (TPSA) is 103 Å². The van der Waals surface area contributed by atoms with E-state index in [0.717, 1.165) is 19.0 Å². The third kappa shape index (κ3) is 3.70. The Balaban J connectivity index is 1.84. The molecule has 0 aliphatic heterocycles. The van der Waals surface area contributed by atoms with Crippen molar-refractivity contribution in [1.29, 1.82) is 0 Å². The molecule has 152 valence electrons. The molecule has 1 saturated carbocycles. The van der Waals surface area contributed by atoms with E-state index in [1.807, 2.05) is 0 Å². The number of nitrogens with zero attached hydrogens (tertiary/aromatic N) is 3. The van der Waals surface area contributed by atoms with Gasteiger partial charge in [0.25, 0.3) is 0 Å². The lowest BCUT2D eigenvalue weighted by Crippen LogP contribution is -2.26. The van der Waals surface area contributed by atoms with E-state index in [2.05, 4.69) is 19.7 Å². The highest BCUT2D eigenvalue weighted by molar-refractivity contribution is 7.89. The highest BCUT2D eigenvalue weighted by Crippen LogP contribution is 2.36. The first-order valence-electron chi connectivity index (χ1n) is 8.59. The van der Waals surface area contributed by atoms with Gasteiger partial charge in [0.2, 0.25) is 15.9 Å². The Morgan fingerprint density at radius 2 is 1.93 bits per heavy atom. The van der Waals surface area contributed by atoms with Crippen LogP contribution >= 0.6 is 11.6 Å². The second-order valence-electron chi connectivity index (χ2n) is 6.46. The SMILES string of the molecule is COc1ncc(-c2cc(F)c3c(Cl)c(S(=O)(=O)NC4CC4)cnc3c2)c(OC)n1. The molecule has 0 saturated heterocycles. The van der Waals surface area contributed by atoms with Crippen LogP contribution in [0, 0.1) is 5.82 Å². The van der Waals surface area contributed by atoms with E-state index < -0.39 is 15.8 Å². The number of hydrogen-bond acceptors (Lipinski definition) is 7. The summed E-state index contributed by atoms with van der Waals surface area (Å²) >= 11 is 6.27. The van der Waals surface area contributed by atoms with E-state index in [1.54, 1.807) is 6.07 Å². The number of halogens is 2. The fraction of sp³-hybridized carbons (Fsp3) is 0.278. The molecule has 0 radical (unpaired) electrons. The molecule has 29 heavy (non-hydrogen) atoms. The van der Waals surface area contributed by atoms with E-state index in [4.69, 9.17) is 21.1 Å². The van der Waals surface area contributed by atoms with Crippen LogP contribution in [0.5, 0.6) is 11.9 Å². The third-order valence-corrected chi connectivity index (χ3v) is 6.47. The number of sulfonamides is 1. The maximum Gasteiger partial charge on any atom is 0.319 e. The predicted octanol–water partition coefficient (Wildman–Crippen LogP) is 2.94. The van der Waals surface area contributed by atoms with Crippen molar-refractivity contribution in [2.45, 2.75) is 23.8 Å². The maximum absolute atomic E-state index is 15.0. The highest BCUT2D eigenvalue weighted by atomic mass is 35.5. The standard InChI is InChI=1S/C18H16ClFN4O4S/c1-27-17-11(7-22-18(23-17)28-2)9-5-12(20)15-13(6-9)21-8-14(16(15)19)29(25,26)24-10-3-4-10/h5-8,10,24H,3-4H2,1-2H3. The van der Waals surface area contributed by atoms with Gasteiger partial charge in [-0.3, -0.25) is 4.98 Å². The zero-order valence-corrected chi connectivity index (χ0v) is 17.0. The number of fused-ring (bicyclic) bond motifs is 1. The fourth-order valence-corrected chi connectivity index (χ4v) is 4.72. The number of methoxy groups -OCH3 is 2. The summed E-state index contributed by atoms with van der Waals surface area (Å²) in [6, 6.07) is 2.75. The number of benzene rings is 1. The lowest BCUT2D eigenvalue weighted by molar-refractivity contribution is 0.353. The normalized spacial score (nSPS) is 14.2. The van der Waals surface area contributed by atoms with Gasteiger partial charge in [-0.15, -0.1) is 0 Å². The predicted molar refractivity (Wildman–Crippen MR) is 104 cm³/mol. The molecule has 1 fully saturated rings. The molecule has 2 heterocycles. The average molecular weight is 439 g/mol. The Kier molecular flexibility index (Phi) is 5.01. The third-order valence-electron chi connectivity index (χ3n) is 4.43. The van der Waals surface area contributed by atoms with Gasteiger partial charge in [-0.05, 0) is 30.5 Å². The number of nitrogens with one attached hydrogen (secondary N) is 1. The van der Waals surface area contributed by atoms with Gasteiger partial charge in [0.1, 0.15) is 10.7 Å². The largest absolute Gasteiger partial charge is 0.480 e. The Morgan fingerprint density at radius 1 is 1.17 bits per heavy atom. The monoisotopic (exact) mass is 438 g/mol. The van der Waals surface area contributed by atoms with Gasteiger partial charge in [-0.25, -0.2) is 22.5 Å². The first-order valence-corrected chi connectivity index (χ1v) is 10.5. The minimum atomic E-state index is -3.88. The van der Waals surface area contributed by atoms with Crippen LogP contribution in [0.25, 0.3) is 22.0 Å². The Hall–Kier alpha value is -2.56. The summed E-state index contributed by atoms with van der Waals surface area (Å²) in [6.45, 7) is 0. The molecule has 11 heteroatoms. The fourth-order valence-electron chi connectivity index (χ4n) is 2.85. The van der Waals surface area contributed by atoms with Crippen LogP contribution in [0.1, 0.15) is 12.8 Å². The van der Waals surface area contributed by atoms with Crippen molar-refractivity contribution < 1.29 is 22.3 Å². The van der Waals surface area contributed by atoms with Gasteiger partial charge in [0, 0.05) is 18.4 Å². The molecule has 3 aromatic rings. The van der Waals surface area contributed by atoms with E-state index >= 15 is 0 Å². The maximum atomic E-state index is 15.0. The summed E-state index contributed by atoms with van der Waals surface area (Å²) in [5, 5.41) is -0.298. The van der Waals surface area contributed by atoms with E-state index in [1.165, 1.54) is 26.5 Å². The van der Waals surface area contributed by atoms with Crippen LogP contribution < -0.4 is 14.2 Å². The van der Waals surface area contributed by atoms with Crippen LogP contribution in [0.3, 0.4) is 0 Å². The minimum absolute atomic E-state index is 0.0810. The van der Waals surface area contributed by atoms with Crippen LogP contribution in [0.4, 0.5) is 4.39 Å². The number of pyridine rings is 1. The van der Waals surface area contributed by atoms with E-state index in [-0.39, 0.29) is 38.8 Å². The van der Waals surface area contributed by atoms with Crippen molar-refractivity contribution in [3.8, 4) is 23.0 Å². The smallest absolute Gasteiger partial charge is 0.319 e. The van der Waals surface area contributed by atoms with Crippen LogP contribution in [0.15, 0.2) is 29.4 Å². The van der Waals surface area contributed by atoms with E-state index in [9.17, 15) is 12.8 Å². The minimum Gasteiger partial charge on any atom is -0.480 e. The molecular formula is C18H16ClFN4O4S. The first-order chi connectivity index (χ1) is 13.8. The van der Waals surface area contributed by atoms with Crippen molar-refractivity contribution in [2.24, 2.45) is 0 Å². The molecule has 8 nitrogen and oxygen atoms in total. The summed E-state index contributed by atoms with van der Waals surface area (Å²) in [5.74, 6) is -0.536. The molecule has 1 aliphatic rings. The summed E-state index contributed by atoms with van der Waals surface area (Å²) in [7, 11) is -1.05. The zero-order chi connectivity index (χ0) is 20.8. The molecule has 0 atom stereocenters. The summed E-state index contributed by atoms with van der Waals surface area (Å²) in [6.07, 6.45) is 4.09. The van der Waals surface area contributed by atoms with Gasteiger partial charge < -0.3 is 9.47 Å². The van der Waals surface area contributed by atoms with Gasteiger partial charge in [0.15, 0.2) is 0 Å². The number of hydrogen-bond donors (Lipinski definition) is 1. The molecule has 0 amide bonds. The molecule has 1 aliphatic carbocycles. The quantitative estimate of drug-likeness (QED) is 0.631. The first kappa shape index (κ1) is 19.7. The molecular weight excluding hydrogens is 423 g/mol.